The van der Waals surface area contributed by atoms with E-state index in [1.807, 2.05) is 32.0 Å². The van der Waals surface area contributed by atoms with Crippen molar-refractivity contribution in [1.82, 2.24) is 9.88 Å². The Morgan fingerprint density at radius 1 is 1.16 bits per heavy atom. The molecule has 1 saturated heterocycles. The predicted octanol–water partition coefficient (Wildman–Crippen LogP) is 3.35. The van der Waals surface area contributed by atoms with Gasteiger partial charge >= 0.3 is 6.43 Å². The number of hydrogen-bond donors (Lipinski definition) is 0. The van der Waals surface area contributed by atoms with Gasteiger partial charge in [-0.2, -0.15) is 14.0 Å². The first kappa shape index (κ1) is 21.8. The highest BCUT2D eigenvalue weighted by atomic mass is 19.3. The molecule has 1 spiro atoms. The molecule has 4 rings (SSSR count). The number of likely N-dealkylation sites (tertiary alicyclic amines) is 1. The molecule has 2 aliphatic rings. The lowest BCUT2D eigenvalue weighted by atomic mass is 9.63. The van der Waals surface area contributed by atoms with Crippen molar-refractivity contribution in [1.29, 1.82) is 5.26 Å². The third-order valence-electron chi connectivity index (χ3n) is 6.36. The lowest BCUT2D eigenvalue weighted by Gasteiger charge is -2.52. The zero-order valence-electron chi connectivity index (χ0n) is 17.7. The number of halogens is 2. The molecule has 6 nitrogen and oxygen atoms in total. The number of Topliss-reactive ketones (excluding diaryl/α,β-unsaturated/α-hetero) is 2. The van der Waals surface area contributed by atoms with Crippen molar-refractivity contribution in [3.63, 3.8) is 0 Å². The lowest BCUT2D eigenvalue weighted by Crippen LogP contribution is -2.63. The molecule has 1 aliphatic heterocycles. The van der Waals surface area contributed by atoms with Crippen LogP contribution in [0.2, 0.25) is 0 Å². The second-order valence-corrected chi connectivity index (χ2v) is 8.78. The van der Waals surface area contributed by atoms with Crippen molar-refractivity contribution in [2.75, 3.05) is 13.1 Å². The highest BCUT2D eigenvalue weighted by Gasteiger charge is 2.54. The van der Waals surface area contributed by atoms with Crippen LogP contribution in [0.3, 0.4) is 0 Å². The number of rotatable bonds is 3. The Balaban J connectivity index is 1.57. The number of amides is 1. The van der Waals surface area contributed by atoms with Gasteiger partial charge in [-0.1, -0.05) is 0 Å². The summed E-state index contributed by atoms with van der Waals surface area (Å²) >= 11 is 0. The molecule has 0 atom stereocenters. The van der Waals surface area contributed by atoms with Crippen molar-refractivity contribution in [2.24, 2.45) is 5.41 Å². The fourth-order valence-electron chi connectivity index (χ4n) is 5.00. The van der Waals surface area contributed by atoms with Gasteiger partial charge in [-0.3, -0.25) is 19.4 Å². The van der Waals surface area contributed by atoms with E-state index in [-0.39, 0.29) is 37.5 Å². The maximum atomic E-state index is 13.0. The van der Waals surface area contributed by atoms with E-state index in [1.54, 1.807) is 12.1 Å². The fraction of sp³-hybridized carbons (Fsp3) is 0.375. The first-order chi connectivity index (χ1) is 15.1. The fourth-order valence-corrected chi connectivity index (χ4v) is 5.00. The van der Waals surface area contributed by atoms with E-state index in [2.05, 4.69) is 4.98 Å². The van der Waals surface area contributed by atoms with Gasteiger partial charge in [0.25, 0.3) is 5.91 Å². The smallest absolute Gasteiger partial charge is 0.315 e. The summed E-state index contributed by atoms with van der Waals surface area (Å²) in [6, 6.07) is 9.18. The molecule has 0 radical (unpaired) electrons. The predicted molar refractivity (Wildman–Crippen MR) is 111 cm³/mol. The van der Waals surface area contributed by atoms with Crippen molar-refractivity contribution >= 4 is 17.5 Å². The van der Waals surface area contributed by atoms with Gasteiger partial charge in [-0.05, 0) is 54.8 Å². The second kappa shape index (κ2) is 7.90. The van der Waals surface area contributed by atoms with E-state index >= 15 is 0 Å². The molecule has 0 bridgehead atoms. The number of benzene rings is 1. The average Bonchev–Trinajstić information content (AvgIpc) is 2.72. The van der Waals surface area contributed by atoms with Crippen LogP contribution in [0.4, 0.5) is 8.78 Å². The average molecular weight is 437 g/mol. The van der Waals surface area contributed by atoms with Crippen molar-refractivity contribution in [3.05, 3.63) is 52.7 Å². The Kier molecular flexibility index (Phi) is 5.37. The summed E-state index contributed by atoms with van der Waals surface area (Å²) in [6.45, 7) is 3.71. The number of aromatic nitrogens is 1. The lowest BCUT2D eigenvalue weighted by molar-refractivity contribution is -0.162. The van der Waals surface area contributed by atoms with E-state index < -0.39 is 23.7 Å². The van der Waals surface area contributed by atoms with E-state index in [9.17, 15) is 23.2 Å². The molecule has 164 valence electrons. The molecule has 1 aromatic carbocycles. The third-order valence-corrected chi connectivity index (χ3v) is 6.36. The van der Waals surface area contributed by atoms with Gasteiger partial charge in [0.05, 0.1) is 11.3 Å². The van der Waals surface area contributed by atoms with Crippen LogP contribution in [0.1, 0.15) is 41.0 Å². The zero-order valence-corrected chi connectivity index (χ0v) is 17.7. The van der Waals surface area contributed by atoms with Gasteiger partial charge in [0.2, 0.25) is 0 Å². The summed E-state index contributed by atoms with van der Waals surface area (Å²) in [5.41, 5.74) is 3.49. The summed E-state index contributed by atoms with van der Waals surface area (Å²) in [5.74, 6) is -2.61. The van der Waals surface area contributed by atoms with Crippen LogP contribution < -0.4 is 0 Å². The second-order valence-electron chi connectivity index (χ2n) is 8.78. The Labute approximate surface area is 183 Å². The molecule has 2 aromatic rings. The van der Waals surface area contributed by atoms with Gasteiger partial charge in [-0.25, -0.2) is 0 Å². The van der Waals surface area contributed by atoms with Crippen molar-refractivity contribution < 1.29 is 23.2 Å². The number of nitrogens with zero attached hydrogens (tertiary/aromatic N) is 3. The first-order valence-corrected chi connectivity index (χ1v) is 10.2. The Morgan fingerprint density at radius 3 is 2.22 bits per heavy atom. The molecule has 1 aromatic heterocycles. The van der Waals surface area contributed by atoms with Crippen LogP contribution in [0.5, 0.6) is 0 Å². The van der Waals surface area contributed by atoms with Crippen LogP contribution >= 0.6 is 0 Å². The van der Waals surface area contributed by atoms with E-state index in [4.69, 9.17) is 5.26 Å². The van der Waals surface area contributed by atoms with Crippen LogP contribution in [0.15, 0.2) is 30.5 Å². The third kappa shape index (κ3) is 3.68. The minimum atomic E-state index is -3.08. The number of carbonyl (C=O) groups is 3. The molecule has 1 aliphatic carbocycles. The number of carbonyl (C=O) groups excluding carboxylic acids is 3. The van der Waals surface area contributed by atoms with Crippen LogP contribution in [0, 0.1) is 30.6 Å². The summed E-state index contributed by atoms with van der Waals surface area (Å²) in [6.07, 6.45) is -1.41. The number of alkyl halides is 2. The SMILES string of the molecule is Cc1cc(-c2ccc(C#N)cn2)cc(C)c1C1C(=O)CC2(CC1=O)CN(C(=O)C(F)F)C2. The van der Waals surface area contributed by atoms with Gasteiger partial charge in [0, 0.05) is 43.1 Å². The molecular weight excluding hydrogens is 416 g/mol. The molecule has 0 N–H and O–H groups in total. The molecule has 32 heavy (non-hydrogen) atoms. The van der Waals surface area contributed by atoms with Gasteiger partial charge in [0.1, 0.15) is 23.6 Å². The zero-order chi connectivity index (χ0) is 23.2. The maximum Gasteiger partial charge on any atom is 0.315 e. The monoisotopic (exact) mass is 437 g/mol. The molecule has 1 amide bonds. The highest BCUT2D eigenvalue weighted by Crippen LogP contribution is 2.46. The summed E-state index contributed by atoms with van der Waals surface area (Å²) < 4.78 is 25.3. The van der Waals surface area contributed by atoms with Crippen LogP contribution in [0.25, 0.3) is 11.3 Å². The molecule has 2 heterocycles. The summed E-state index contributed by atoms with van der Waals surface area (Å²) in [4.78, 5) is 42.9. The quantitative estimate of drug-likeness (QED) is 0.687. The Morgan fingerprint density at radius 2 is 1.75 bits per heavy atom. The maximum absolute atomic E-state index is 13.0. The molecule has 8 heteroatoms. The van der Waals surface area contributed by atoms with Gasteiger partial charge in [-0.15, -0.1) is 0 Å². The van der Waals surface area contributed by atoms with Crippen LogP contribution in [-0.4, -0.2) is 46.9 Å². The summed E-state index contributed by atoms with van der Waals surface area (Å²) in [5, 5.41) is 8.94. The first-order valence-electron chi connectivity index (χ1n) is 10.2. The normalized spacial score (nSPS) is 18.1. The minimum Gasteiger partial charge on any atom is -0.336 e. The number of hydrogen-bond acceptors (Lipinski definition) is 5. The van der Waals surface area contributed by atoms with E-state index in [0.717, 1.165) is 21.6 Å². The minimum absolute atomic E-state index is 0.0155. The standard InChI is InChI=1S/C24H21F2N3O3/c1-13-5-16(17-4-3-15(9-27)10-28-17)6-14(2)20(13)21-18(30)7-24(8-19(21)31)11-29(12-24)23(32)22(25)26/h3-6,10,21-22H,7-8,11-12H2,1-2H3. The van der Waals surface area contributed by atoms with Gasteiger partial charge in [0.15, 0.2) is 0 Å². The van der Waals surface area contributed by atoms with E-state index in [0.29, 0.717) is 16.8 Å². The molecule has 0 unspecified atom stereocenters. The topological polar surface area (TPSA) is 91.1 Å². The number of ketones is 2. The number of nitriles is 1. The number of aryl methyl sites for hydroxylation is 2. The number of pyridine rings is 1. The Hall–Kier alpha value is -3.47. The van der Waals surface area contributed by atoms with Gasteiger partial charge < -0.3 is 4.90 Å². The van der Waals surface area contributed by atoms with Crippen molar-refractivity contribution in [2.45, 2.75) is 39.0 Å². The van der Waals surface area contributed by atoms with E-state index in [1.165, 1.54) is 6.20 Å². The van der Waals surface area contributed by atoms with Crippen LogP contribution in [-0.2, 0) is 14.4 Å². The molecule has 2 fully saturated rings. The van der Waals surface area contributed by atoms with Crippen molar-refractivity contribution in [3.8, 4) is 17.3 Å². The largest absolute Gasteiger partial charge is 0.336 e. The Bertz CT molecular complexity index is 1120. The highest BCUT2D eigenvalue weighted by molar-refractivity contribution is 6.11. The summed E-state index contributed by atoms with van der Waals surface area (Å²) in [7, 11) is 0. The molecular formula is C24H21F2N3O3. The molecule has 1 saturated carbocycles.